The Bertz CT molecular complexity index is 1900. The molecule has 0 radical (unpaired) electrons. The lowest BCUT2D eigenvalue weighted by atomic mass is 10.0. The molecule has 11 heteroatoms. The van der Waals surface area contributed by atoms with Crippen molar-refractivity contribution in [2.75, 3.05) is 27.9 Å². The van der Waals surface area contributed by atoms with Gasteiger partial charge in [-0.1, -0.05) is 46.3 Å². The van der Waals surface area contributed by atoms with Gasteiger partial charge in [-0.2, -0.15) is 5.10 Å². The fraction of sp³-hybridized carbons (Fsp3) is 0.143. The van der Waals surface area contributed by atoms with Crippen LogP contribution in [0.15, 0.2) is 94.5 Å². The van der Waals surface area contributed by atoms with Crippen LogP contribution in [0.3, 0.4) is 0 Å². The molecule has 234 valence electrons. The van der Waals surface area contributed by atoms with Crippen LogP contribution in [-0.4, -0.2) is 51.0 Å². The predicted octanol–water partition coefficient (Wildman–Crippen LogP) is 7.07. The Morgan fingerprint density at radius 2 is 1.57 bits per heavy atom. The first-order valence-electron chi connectivity index (χ1n) is 14.1. The first-order chi connectivity index (χ1) is 22.3. The number of hydrogen-bond acceptors (Lipinski definition) is 9. The van der Waals surface area contributed by atoms with E-state index in [9.17, 15) is 9.59 Å². The van der Waals surface area contributed by atoms with E-state index in [2.05, 4.69) is 26.5 Å². The number of methoxy groups -OCH3 is 3. The number of halogens is 1. The summed E-state index contributed by atoms with van der Waals surface area (Å²) >= 11 is 3.45. The second kappa shape index (κ2) is 14.6. The number of esters is 1. The second-order valence-electron chi connectivity index (χ2n) is 9.72. The number of para-hydroxylation sites is 1. The molecule has 0 saturated heterocycles. The third kappa shape index (κ3) is 7.10. The molecular formula is C35H30BrN3O7. The molecule has 1 heterocycles. The van der Waals surface area contributed by atoms with E-state index < -0.39 is 11.9 Å². The molecule has 0 fully saturated rings. The molecule has 0 saturated carbocycles. The Labute approximate surface area is 274 Å². The number of pyridine rings is 1. The minimum Gasteiger partial charge on any atom is -0.493 e. The van der Waals surface area contributed by atoms with Crippen molar-refractivity contribution < 1.29 is 33.3 Å². The summed E-state index contributed by atoms with van der Waals surface area (Å²) in [5.41, 5.74) is 6.07. The number of hydrogen-bond donors (Lipinski definition) is 1. The monoisotopic (exact) mass is 683 g/mol. The number of hydrazone groups is 1. The summed E-state index contributed by atoms with van der Waals surface area (Å²) in [7, 11) is 4.40. The molecule has 0 unspecified atom stereocenters. The van der Waals surface area contributed by atoms with E-state index in [0.29, 0.717) is 57.3 Å². The first-order valence-corrected chi connectivity index (χ1v) is 14.9. The van der Waals surface area contributed by atoms with Crippen molar-refractivity contribution in [3.63, 3.8) is 0 Å². The summed E-state index contributed by atoms with van der Waals surface area (Å²) in [6, 6.07) is 24.8. The minimum atomic E-state index is -0.652. The highest BCUT2D eigenvalue weighted by atomic mass is 79.9. The SMILES string of the molecule is CCOc1cc(/C=N\NC(=O)c2cc(-c3ccc(Br)cc3)nc3ccccc23)ccc1OC(=O)c1cc(OC)c(OC)c(OC)c1. The Morgan fingerprint density at radius 3 is 2.24 bits per heavy atom. The number of benzene rings is 4. The minimum absolute atomic E-state index is 0.192. The van der Waals surface area contributed by atoms with Crippen LogP contribution in [0.2, 0.25) is 0 Å². The van der Waals surface area contributed by atoms with E-state index in [1.54, 1.807) is 24.3 Å². The van der Waals surface area contributed by atoms with Crippen molar-refractivity contribution in [3.8, 4) is 40.0 Å². The van der Waals surface area contributed by atoms with E-state index >= 15 is 0 Å². The standard InChI is InChI=1S/C35H30BrN3O7/c1-5-45-30-16-21(10-15-29(30)46-35(41)23-17-31(42-2)33(44-4)32(18-23)43-3)20-37-39-34(40)26-19-28(22-11-13-24(36)14-12-22)38-27-9-7-6-8-25(26)27/h6-20H,5H2,1-4H3,(H,39,40)/b37-20-. The van der Waals surface area contributed by atoms with Crippen molar-refractivity contribution in [2.45, 2.75) is 6.92 Å². The van der Waals surface area contributed by atoms with E-state index in [1.807, 2.05) is 55.5 Å². The average molecular weight is 685 g/mol. The normalized spacial score (nSPS) is 10.9. The number of nitrogens with one attached hydrogen (secondary N) is 1. The van der Waals surface area contributed by atoms with E-state index in [-0.39, 0.29) is 11.3 Å². The van der Waals surface area contributed by atoms with Crippen LogP contribution in [0.4, 0.5) is 0 Å². The van der Waals surface area contributed by atoms with Crippen LogP contribution < -0.4 is 29.1 Å². The highest BCUT2D eigenvalue weighted by Crippen LogP contribution is 2.39. The second-order valence-corrected chi connectivity index (χ2v) is 10.6. The van der Waals surface area contributed by atoms with Crippen molar-refractivity contribution >= 4 is 44.9 Å². The number of amides is 1. The van der Waals surface area contributed by atoms with Gasteiger partial charge in [-0.15, -0.1) is 0 Å². The molecule has 1 aromatic heterocycles. The molecule has 0 aliphatic rings. The fourth-order valence-electron chi connectivity index (χ4n) is 4.67. The van der Waals surface area contributed by atoms with Gasteiger partial charge in [0, 0.05) is 15.4 Å². The highest BCUT2D eigenvalue weighted by Gasteiger charge is 2.20. The maximum Gasteiger partial charge on any atom is 0.343 e. The third-order valence-corrected chi connectivity index (χ3v) is 7.38. The zero-order valence-electron chi connectivity index (χ0n) is 25.5. The smallest absolute Gasteiger partial charge is 0.343 e. The summed E-state index contributed by atoms with van der Waals surface area (Å²) in [5.74, 6) is 0.460. The van der Waals surface area contributed by atoms with Crippen LogP contribution in [0.5, 0.6) is 28.7 Å². The van der Waals surface area contributed by atoms with Gasteiger partial charge in [0.15, 0.2) is 23.0 Å². The van der Waals surface area contributed by atoms with Crippen molar-refractivity contribution in [1.29, 1.82) is 0 Å². The number of ether oxygens (including phenoxy) is 5. The van der Waals surface area contributed by atoms with Crippen molar-refractivity contribution in [1.82, 2.24) is 10.4 Å². The van der Waals surface area contributed by atoms with E-state index in [1.165, 1.54) is 39.7 Å². The lowest BCUT2D eigenvalue weighted by Gasteiger charge is -2.15. The number of rotatable bonds is 11. The van der Waals surface area contributed by atoms with Gasteiger partial charge in [-0.25, -0.2) is 15.2 Å². The number of fused-ring (bicyclic) bond motifs is 1. The van der Waals surface area contributed by atoms with E-state index in [0.717, 1.165) is 10.0 Å². The summed E-state index contributed by atoms with van der Waals surface area (Å²) in [6.07, 6.45) is 1.48. The molecule has 0 spiro atoms. The Morgan fingerprint density at radius 1 is 0.848 bits per heavy atom. The van der Waals surface area contributed by atoms with Gasteiger partial charge < -0.3 is 23.7 Å². The van der Waals surface area contributed by atoms with Gasteiger partial charge in [0.05, 0.1) is 56.5 Å². The molecule has 10 nitrogen and oxygen atoms in total. The lowest BCUT2D eigenvalue weighted by molar-refractivity contribution is 0.0727. The summed E-state index contributed by atoms with van der Waals surface area (Å²) in [5, 5.41) is 4.88. The van der Waals surface area contributed by atoms with E-state index in [4.69, 9.17) is 28.7 Å². The van der Waals surface area contributed by atoms with Crippen molar-refractivity contribution in [2.24, 2.45) is 5.10 Å². The highest BCUT2D eigenvalue weighted by molar-refractivity contribution is 9.10. The molecule has 0 aliphatic carbocycles. The van der Waals surface area contributed by atoms with Gasteiger partial charge in [-0.3, -0.25) is 4.79 Å². The fourth-order valence-corrected chi connectivity index (χ4v) is 4.94. The molecular weight excluding hydrogens is 654 g/mol. The molecule has 1 N–H and O–H groups in total. The number of aromatic nitrogens is 1. The van der Waals surface area contributed by atoms with Gasteiger partial charge >= 0.3 is 5.97 Å². The largest absolute Gasteiger partial charge is 0.493 e. The number of carbonyl (C=O) groups is 2. The Kier molecular flexibility index (Phi) is 10.1. The molecule has 0 bridgehead atoms. The number of carbonyl (C=O) groups excluding carboxylic acids is 2. The van der Waals surface area contributed by atoms with Crippen molar-refractivity contribution in [3.05, 3.63) is 106 Å². The summed E-state index contributed by atoms with van der Waals surface area (Å²) in [4.78, 5) is 31.2. The van der Waals surface area contributed by atoms with Crippen LogP contribution in [0.1, 0.15) is 33.2 Å². The maximum atomic E-state index is 13.3. The summed E-state index contributed by atoms with van der Waals surface area (Å²) < 4.78 is 28.4. The average Bonchev–Trinajstić information content (AvgIpc) is 3.08. The molecule has 1 amide bonds. The molecule has 46 heavy (non-hydrogen) atoms. The van der Waals surface area contributed by atoms with Crippen LogP contribution in [-0.2, 0) is 0 Å². The predicted molar refractivity (Wildman–Crippen MR) is 179 cm³/mol. The van der Waals surface area contributed by atoms with Gasteiger partial charge in [0.1, 0.15) is 0 Å². The third-order valence-electron chi connectivity index (χ3n) is 6.85. The lowest BCUT2D eigenvalue weighted by Crippen LogP contribution is -2.18. The van der Waals surface area contributed by atoms with Gasteiger partial charge in [0.2, 0.25) is 5.75 Å². The zero-order chi connectivity index (χ0) is 32.6. The van der Waals surface area contributed by atoms with Gasteiger partial charge in [0.25, 0.3) is 5.91 Å². The molecule has 5 rings (SSSR count). The summed E-state index contributed by atoms with van der Waals surface area (Å²) in [6.45, 7) is 2.13. The zero-order valence-corrected chi connectivity index (χ0v) is 27.1. The first kappa shape index (κ1) is 32.0. The van der Waals surface area contributed by atoms with Gasteiger partial charge in [-0.05, 0) is 67.1 Å². The van der Waals surface area contributed by atoms with Crippen LogP contribution >= 0.6 is 15.9 Å². The number of nitrogens with zero attached hydrogens (tertiary/aromatic N) is 2. The molecule has 0 aliphatic heterocycles. The van der Waals surface area contributed by atoms with Crippen LogP contribution in [0.25, 0.3) is 22.2 Å². The quantitative estimate of drug-likeness (QED) is 0.0680. The maximum absolute atomic E-state index is 13.3. The molecule has 0 atom stereocenters. The Hall–Kier alpha value is -5.42. The Balaban J connectivity index is 1.35. The molecule has 4 aromatic carbocycles. The molecule has 5 aromatic rings. The van der Waals surface area contributed by atoms with Crippen LogP contribution in [0, 0.1) is 0 Å². The topological polar surface area (TPSA) is 118 Å².